The molecule has 0 bridgehead atoms. The van der Waals surface area contributed by atoms with Crippen molar-refractivity contribution in [1.82, 2.24) is 0 Å². The minimum Gasteiger partial charge on any atom is -0.508 e. The van der Waals surface area contributed by atoms with Crippen LogP contribution in [0.1, 0.15) is 21.5 Å². The van der Waals surface area contributed by atoms with Crippen molar-refractivity contribution in [2.75, 3.05) is 0 Å². The molecule has 0 radical (unpaired) electrons. The fraction of sp³-hybridized carbons (Fsp3) is 0.0556. The average molecular weight is 278 g/mol. The van der Waals surface area contributed by atoms with Crippen LogP contribution in [0.2, 0.25) is 0 Å². The van der Waals surface area contributed by atoms with Crippen LogP contribution in [0.25, 0.3) is 10.8 Å². The number of carboxylic acids is 1. The van der Waals surface area contributed by atoms with Gasteiger partial charge in [-0.1, -0.05) is 36.4 Å². The van der Waals surface area contributed by atoms with Gasteiger partial charge in [0, 0.05) is 0 Å². The quantitative estimate of drug-likeness (QED) is 0.765. The second-order valence-electron chi connectivity index (χ2n) is 5.05. The van der Waals surface area contributed by atoms with Crippen LogP contribution in [0.3, 0.4) is 0 Å². The minimum absolute atomic E-state index is 0.243. The van der Waals surface area contributed by atoms with Crippen LogP contribution in [-0.2, 0) is 6.42 Å². The number of rotatable bonds is 3. The summed E-state index contributed by atoms with van der Waals surface area (Å²) in [6.45, 7) is 0. The maximum atomic E-state index is 11.0. The monoisotopic (exact) mass is 278 g/mol. The summed E-state index contributed by atoms with van der Waals surface area (Å²) in [5.74, 6) is -0.673. The maximum absolute atomic E-state index is 11.0. The Morgan fingerprint density at radius 1 is 0.857 bits per heavy atom. The summed E-state index contributed by atoms with van der Waals surface area (Å²) in [5, 5.41) is 20.6. The third-order valence-corrected chi connectivity index (χ3v) is 3.47. The molecule has 3 nitrogen and oxygen atoms in total. The van der Waals surface area contributed by atoms with Gasteiger partial charge in [0.25, 0.3) is 0 Å². The van der Waals surface area contributed by atoms with Gasteiger partial charge in [-0.3, -0.25) is 0 Å². The molecule has 3 aromatic rings. The van der Waals surface area contributed by atoms with E-state index in [4.69, 9.17) is 5.11 Å². The Bertz CT molecular complexity index is 822. The molecule has 0 aliphatic rings. The molecule has 0 saturated heterocycles. The maximum Gasteiger partial charge on any atom is 0.335 e. The van der Waals surface area contributed by atoms with E-state index in [2.05, 4.69) is 0 Å². The molecule has 3 aromatic carbocycles. The Balaban J connectivity index is 1.94. The lowest BCUT2D eigenvalue weighted by Crippen LogP contribution is -1.97. The second-order valence-corrected chi connectivity index (χ2v) is 5.05. The third-order valence-electron chi connectivity index (χ3n) is 3.47. The van der Waals surface area contributed by atoms with Crippen LogP contribution in [0.4, 0.5) is 0 Å². The zero-order valence-corrected chi connectivity index (χ0v) is 11.3. The van der Waals surface area contributed by atoms with E-state index < -0.39 is 5.97 Å². The van der Waals surface area contributed by atoms with Crippen molar-refractivity contribution >= 4 is 16.7 Å². The Labute approximate surface area is 122 Å². The lowest BCUT2D eigenvalue weighted by atomic mass is 10.00. The summed E-state index contributed by atoms with van der Waals surface area (Å²) in [6, 6.07) is 18.3. The van der Waals surface area contributed by atoms with Gasteiger partial charge in [0.05, 0.1) is 5.56 Å². The fourth-order valence-electron chi connectivity index (χ4n) is 2.44. The molecule has 104 valence electrons. The first-order chi connectivity index (χ1) is 10.1. The van der Waals surface area contributed by atoms with E-state index in [1.54, 1.807) is 30.3 Å². The van der Waals surface area contributed by atoms with E-state index in [0.717, 1.165) is 21.9 Å². The summed E-state index contributed by atoms with van der Waals surface area (Å²) >= 11 is 0. The first-order valence-corrected chi connectivity index (χ1v) is 6.66. The van der Waals surface area contributed by atoms with Crippen LogP contribution in [0.5, 0.6) is 5.75 Å². The molecule has 0 amide bonds. The number of fused-ring (bicyclic) bond motifs is 1. The Morgan fingerprint density at radius 2 is 1.62 bits per heavy atom. The summed E-state index contributed by atoms with van der Waals surface area (Å²) in [7, 11) is 0. The van der Waals surface area contributed by atoms with Gasteiger partial charge in [-0.05, 0) is 52.6 Å². The highest BCUT2D eigenvalue weighted by atomic mass is 16.4. The fourth-order valence-corrected chi connectivity index (χ4v) is 2.44. The number of carbonyl (C=O) groups is 1. The molecule has 3 rings (SSSR count). The highest BCUT2D eigenvalue weighted by molar-refractivity contribution is 5.88. The van der Waals surface area contributed by atoms with Crippen molar-refractivity contribution in [2.45, 2.75) is 6.42 Å². The normalized spacial score (nSPS) is 10.7. The van der Waals surface area contributed by atoms with Crippen LogP contribution >= 0.6 is 0 Å². The number of hydrogen-bond donors (Lipinski definition) is 2. The van der Waals surface area contributed by atoms with Crippen molar-refractivity contribution in [3.63, 3.8) is 0 Å². The molecule has 0 saturated carbocycles. The lowest BCUT2D eigenvalue weighted by Gasteiger charge is -2.06. The largest absolute Gasteiger partial charge is 0.508 e. The van der Waals surface area contributed by atoms with Gasteiger partial charge >= 0.3 is 5.97 Å². The van der Waals surface area contributed by atoms with Crippen LogP contribution in [-0.4, -0.2) is 16.2 Å². The Morgan fingerprint density at radius 3 is 2.43 bits per heavy atom. The predicted molar refractivity (Wildman–Crippen MR) is 81.8 cm³/mol. The van der Waals surface area contributed by atoms with E-state index in [1.165, 1.54) is 0 Å². The third kappa shape index (κ3) is 2.87. The zero-order chi connectivity index (χ0) is 14.8. The number of hydrogen-bond acceptors (Lipinski definition) is 2. The topological polar surface area (TPSA) is 57.5 Å². The Hall–Kier alpha value is -2.81. The summed E-state index contributed by atoms with van der Waals surface area (Å²) in [4.78, 5) is 11.0. The molecule has 3 heteroatoms. The summed E-state index contributed by atoms with van der Waals surface area (Å²) < 4.78 is 0. The van der Waals surface area contributed by atoms with E-state index in [0.29, 0.717) is 12.0 Å². The summed E-state index contributed by atoms with van der Waals surface area (Å²) in [5.41, 5.74) is 2.33. The molecule has 0 spiro atoms. The summed E-state index contributed by atoms with van der Waals surface area (Å²) in [6.07, 6.45) is 0.659. The SMILES string of the molecule is O=C(O)c1cccc(Cc2ccc3ccc(O)cc3c2)c1. The molecule has 0 aliphatic heterocycles. The first kappa shape index (κ1) is 13.2. The van der Waals surface area contributed by atoms with Gasteiger partial charge in [-0.15, -0.1) is 0 Å². The van der Waals surface area contributed by atoms with E-state index in [-0.39, 0.29) is 5.75 Å². The van der Waals surface area contributed by atoms with Crippen molar-refractivity contribution in [2.24, 2.45) is 0 Å². The van der Waals surface area contributed by atoms with Gasteiger partial charge in [-0.2, -0.15) is 0 Å². The molecule has 2 N–H and O–H groups in total. The molecule has 0 aliphatic carbocycles. The van der Waals surface area contributed by atoms with Gasteiger partial charge in [0.2, 0.25) is 0 Å². The molecular weight excluding hydrogens is 264 g/mol. The van der Waals surface area contributed by atoms with Gasteiger partial charge in [0.1, 0.15) is 5.75 Å². The predicted octanol–water partition coefficient (Wildman–Crippen LogP) is 3.83. The number of benzene rings is 3. The van der Waals surface area contributed by atoms with Crippen molar-refractivity contribution in [3.05, 3.63) is 77.4 Å². The number of aromatic carboxylic acids is 1. The van der Waals surface area contributed by atoms with Crippen molar-refractivity contribution in [1.29, 1.82) is 0 Å². The Kier molecular flexibility index (Phi) is 3.32. The second kappa shape index (κ2) is 5.29. The first-order valence-electron chi connectivity index (χ1n) is 6.66. The zero-order valence-electron chi connectivity index (χ0n) is 11.3. The molecule has 0 heterocycles. The van der Waals surface area contributed by atoms with Crippen LogP contribution < -0.4 is 0 Å². The molecular formula is C18H14O3. The molecule has 0 unspecified atom stereocenters. The number of aromatic hydroxyl groups is 1. The van der Waals surface area contributed by atoms with E-state index in [9.17, 15) is 9.90 Å². The van der Waals surface area contributed by atoms with Gasteiger partial charge < -0.3 is 10.2 Å². The number of phenolic OH excluding ortho intramolecular Hbond substituents is 1. The van der Waals surface area contributed by atoms with Crippen LogP contribution in [0, 0.1) is 0 Å². The molecule has 0 aromatic heterocycles. The van der Waals surface area contributed by atoms with Crippen molar-refractivity contribution in [3.8, 4) is 5.75 Å². The van der Waals surface area contributed by atoms with Gasteiger partial charge in [-0.25, -0.2) is 4.79 Å². The standard InChI is InChI=1S/C18H14O3/c19-17-7-6-14-5-4-13(10-16(14)11-17)8-12-2-1-3-15(9-12)18(20)21/h1-7,9-11,19H,8H2,(H,20,21). The van der Waals surface area contributed by atoms with Crippen LogP contribution in [0.15, 0.2) is 60.7 Å². The van der Waals surface area contributed by atoms with Crippen molar-refractivity contribution < 1.29 is 15.0 Å². The lowest BCUT2D eigenvalue weighted by molar-refractivity contribution is 0.0696. The molecule has 0 fully saturated rings. The average Bonchev–Trinajstić information content (AvgIpc) is 2.47. The van der Waals surface area contributed by atoms with E-state index >= 15 is 0 Å². The molecule has 21 heavy (non-hydrogen) atoms. The van der Waals surface area contributed by atoms with Gasteiger partial charge in [0.15, 0.2) is 0 Å². The number of carboxylic acid groups (broad SMARTS) is 1. The van der Waals surface area contributed by atoms with E-state index in [1.807, 2.05) is 30.3 Å². The minimum atomic E-state index is -0.916. The molecule has 0 atom stereocenters. The smallest absolute Gasteiger partial charge is 0.335 e. The number of phenols is 1. The highest BCUT2D eigenvalue weighted by Gasteiger charge is 2.04. The highest BCUT2D eigenvalue weighted by Crippen LogP contribution is 2.22.